The van der Waals surface area contributed by atoms with Crippen LogP contribution in [0.4, 0.5) is 13.2 Å². The predicted molar refractivity (Wildman–Crippen MR) is 40.6 cm³/mol. The lowest BCUT2D eigenvalue weighted by Gasteiger charge is -2.30. The summed E-state index contributed by atoms with van der Waals surface area (Å²) in [4.78, 5) is 0. The van der Waals surface area contributed by atoms with Gasteiger partial charge in [-0.05, 0) is 12.8 Å². The van der Waals surface area contributed by atoms with Crippen LogP contribution in [0.1, 0.15) is 20.8 Å². The monoisotopic (exact) mass is 182 g/mol. The quantitative estimate of drug-likeness (QED) is 0.609. The number of ether oxygens (including phenoxy) is 1. The van der Waals surface area contributed by atoms with Crippen LogP contribution >= 0.6 is 0 Å². The molecule has 72 valence electrons. The Morgan fingerprint density at radius 1 is 1.33 bits per heavy atom. The van der Waals surface area contributed by atoms with Crippen LogP contribution < -0.4 is 0 Å². The molecule has 0 rings (SSSR count). The Kier molecular flexibility index (Phi) is 3.33. The molecule has 12 heavy (non-hydrogen) atoms. The van der Waals surface area contributed by atoms with E-state index >= 15 is 0 Å². The Morgan fingerprint density at radius 3 is 1.83 bits per heavy atom. The van der Waals surface area contributed by atoms with Crippen molar-refractivity contribution in [2.45, 2.75) is 32.7 Å². The molecule has 0 saturated heterocycles. The molecule has 0 radical (unpaired) electrons. The van der Waals surface area contributed by atoms with E-state index in [0.717, 1.165) is 0 Å². The van der Waals surface area contributed by atoms with Gasteiger partial charge in [-0.2, -0.15) is 0 Å². The molecule has 0 amide bonds. The maximum Gasteiger partial charge on any atom is 0.523 e. The lowest BCUT2D eigenvalue weighted by atomic mass is 9.92. The zero-order chi connectivity index (χ0) is 9.99. The van der Waals surface area contributed by atoms with Crippen LogP contribution in [-0.2, 0) is 4.74 Å². The van der Waals surface area contributed by atoms with Gasteiger partial charge < -0.3 is 0 Å². The highest BCUT2D eigenvalue weighted by atomic mass is 19.4. The second-order valence-corrected chi connectivity index (χ2v) is 3.09. The molecule has 0 saturated carbocycles. The zero-order valence-electron chi connectivity index (χ0n) is 7.40. The number of hydrogen-bond acceptors (Lipinski definition) is 1. The maximum absolute atomic E-state index is 11.8. The number of hydrogen-bond donors (Lipinski definition) is 0. The Hall–Kier alpha value is -0.510. The molecule has 4 heteroatoms. The predicted octanol–water partition coefficient (Wildman–Crippen LogP) is 3.12. The van der Waals surface area contributed by atoms with E-state index in [2.05, 4.69) is 11.3 Å². The van der Waals surface area contributed by atoms with E-state index < -0.39 is 12.0 Å². The van der Waals surface area contributed by atoms with E-state index in [1.54, 1.807) is 13.8 Å². The molecule has 0 heterocycles. The SMILES string of the molecule is C=CC(C)(OC(F)(F)F)C(C)C. The molecule has 0 spiro atoms. The van der Waals surface area contributed by atoms with E-state index in [4.69, 9.17) is 0 Å². The van der Waals surface area contributed by atoms with Crippen LogP contribution in [0.15, 0.2) is 12.7 Å². The van der Waals surface area contributed by atoms with Crippen molar-refractivity contribution in [3.63, 3.8) is 0 Å². The van der Waals surface area contributed by atoms with Crippen LogP contribution in [0.2, 0.25) is 0 Å². The van der Waals surface area contributed by atoms with Gasteiger partial charge in [0.2, 0.25) is 0 Å². The summed E-state index contributed by atoms with van der Waals surface area (Å²) in [6, 6.07) is 0. The van der Waals surface area contributed by atoms with Crippen molar-refractivity contribution in [3.05, 3.63) is 12.7 Å². The van der Waals surface area contributed by atoms with Gasteiger partial charge in [0.1, 0.15) is 0 Å². The van der Waals surface area contributed by atoms with Gasteiger partial charge in [-0.15, -0.1) is 19.8 Å². The van der Waals surface area contributed by atoms with Gasteiger partial charge in [0.25, 0.3) is 0 Å². The second kappa shape index (κ2) is 3.47. The Labute approximate surface area is 70.2 Å². The lowest BCUT2D eigenvalue weighted by molar-refractivity contribution is -0.361. The fourth-order valence-corrected chi connectivity index (χ4v) is 0.645. The molecule has 0 N–H and O–H groups in total. The molecule has 0 aliphatic carbocycles. The molecule has 0 aliphatic rings. The Balaban J connectivity index is 4.45. The van der Waals surface area contributed by atoms with Gasteiger partial charge in [0, 0.05) is 0 Å². The molecule has 1 nitrogen and oxygen atoms in total. The van der Waals surface area contributed by atoms with E-state index in [0.29, 0.717) is 0 Å². The van der Waals surface area contributed by atoms with Crippen LogP contribution in [0, 0.1) is 5.92 Å². The number of rotatable bonds is 3. The van der Waals surface area contributed by atoms with Gasteiger partial charge in [-0.1, -0.05) is 19.9 Å². The van der Waals surface area contributed by atoms with Crippen LogP contribution in [0.3, 0.4) is 0 Å². The number of alkyl halides is 3. The van der Waals surface area contributed by atoms with Crippen molar-refractivity contribution in [1.82, 2.24) is 0 Å². The Morgan fingerprint density at radius 2 is 1.75 bits per heavy atom. The first kappa shape index (κ1) is 11.5. The standard InChI is InChI=1S/C8H13F3O/c1-5-7(4,6(2)3)12-8(9,10)11/h5-6H,1H2,2-4H3. The Bertz CT molecular complexity index is 162. The largest absolute Gasteiger partial charge is 0.523 e. The minimum Gasteiger partial charge on any atom is -0.281 e. The van der Waals surface area contributed by atoms with Crippen LogP contribution in [0.5, 0.6) is 0 Å². The summed E-state index contributed by atoms with van der Waals surface area (Å²) in [5.74, 6) is -0.267. The average molecular weight is 182 g/mol. The first-order chi connectivity index (χ1) is 5.21. The lowest BCUT2D eigenvalue weighted by Crippen LogP contribution is -2.38. The van der Waals surface area contributed by atoms with Gasteiger partial charge in [0.15, 0.2) is 0 Å². The summed E-state index contributed by atoms with van der Waals surface area (Å²) in [6.45, 7) is 7.96. The second-order valence-electron chi connectivity index (χ2n) is 3.09. The average Bonchev–Trinajstić information content (AvgIpc) is 1.83. The van der Waals surface area contributed by atoms with E-state index in [-0.39, 0.29) is 5.92 Å². The van der Waals surface area contributed by atoms with Gasteiger partial charge >= 0.3 is 6.36 Å². The highest BCUT2D eigenvalue weighted by molar-refractivity contribution is 4.96. The number of halogens is 3. The minimum atomic E-state index is -4.60. The fraction of sp³-hybridized carbons (Fsp3) is 0.750. The molecule has 0 fully saturated rings. The first-order valence-electron chi connectivity index (χ1n) is 3.62. The summed E-state index contributed by atoms with van der Waals surface area (Å²) < 4.78 is 39.4. The van der Waals surface area contributed by atoms with Crippen molar-refractivity contribution in [2.75, 3.05) is 0 Å². The zero-order valence-corrected chi connectivity index (χ0v) is 7.40. The smallest absolute Gasteiger partial charge is 0.281 e. The molecule has 0 aromatic carbocycles. The van der Waals surface area contributed by atoms with Crippen molar-refractivity contribution in [2.24, 2.45) is 5.92 Å². The van der Waals surface area contributed by atoms with Gasteiger partial charge in [-0.3, -0.25) is 4.74 Å². The third-order valence-corrected chi connectivity index (χ3v) is 1.89. The van der Waals surface area contributed by atoms with Crippen molar-refractivity contribution < 1.29 is 17.9 Å². The van der Waals surface area contributed by atoms with Crippen LogP contribution in [-0.4, -0.2) is 12.0 Å². The van der Waals surface area contributed by atoms with Gasteiger partial charge in [0.05, 0.1) is 5.60 Å². The normalized spacial score (nSPS) is 17.6. The minimum absolute atomic E-state index is 0.267. The summed E-state index contributed by atoms with van der Waals surface area (Å²) in [5, 5.41) is 0. The summed E-state index contributed by atoms with van der Waals surface area (Å²) in [5.41, 5.74) is -1.34. The van der Waals surface area contributed by atoms with Crippen molar-refractivity contribution in [1.29, 1.82) is 0 Å². The van der Waals surface area contributed by atoms with E-state index in [1.165, 1.54) is 13.0 Å². The highest BCUT2D eigenvalue weighted by Gasteiger charge is 2.40. The third kappa shape index (κ3) is 3.26. The molecule has 1 unspecified atom stereocenters. The van der Waals surface area contributed by atoms with Gasteiger partial charge in [-0.25, -0.2) is 0 Å². The fourth-order valence-electron chi connectivity index (χ4n) is 0.645. The molecular weight excluding hydrogens is 169 g/mol. The first-order valence-corrected chi connectivity index (χ1v) is 3.62. The topological polar surface area (TPSA) is 9.23 Å². The highest BCUT2D eigenvalue weighted by Crippen LogP contribution is 2.31. The molecule has 1 atom stereocenters. The molecule has 0 aromatic rings. The molecule has 0 aliphatic heterocycles. The third-order valence-electron chi connectivity index (χ3n) is 1.89. The van der Waals surface area contributed by atoms with E-state index in [1.807, 2.05) is 0 Å². The molecule has 0 bridgehead atoms. The van der Waals surface area contributed by atoms with Crippen LogP contribution in [0.25, 0.3) is 0 Å². The summed E-state index contributed by atoms with van der Waals surface area (Å²) in [6.07, 6.45) is -3.43. The summed E-state index contributed by atoms with van der Waals surface area (Å²) in [7, 11) is 0. The molecular formula is C8H13F3O. The van der Waals surface area contributed by atoms with E-state index in [9.17, 15) is 13.2 Å². The van der Waals surface area contributed by atoms with Crippen molar-refractivity contribution in [3.8, 4) is 0 Å². The summed E-state index contributed by atoms with van der Waals surface area (Å²) >= 11 is 0. The maximum atomic E-state index is 11.8. The van der Waals surface area contributed by atoms with Crippen molar-refractivity contribution >= 4 is 0 Å². The molecule has 0 aromatic heterocycles.